The van der Waals surface area contributed by atoms with Crippen LogP contribution in [0.3, 0.4) is 0 Å². The summed E-state index contributed by atoms with van der Waals surface area (Å²) in [6.45, 7) is 6.86. The van der Waals surface area contributed by atoms with Crippen LogP contribution in [-0.4, -0.2) is 31.9 Å². The van der Waals surface area contributed by atoms with Crippen molar-refractivity contribution in [2.75, 3.05) is 13.1 Å². The van der Waals surface area contributed by atoms with Crippen molar-refractivity contribution in [2.24, 2.45) is 11.7 Å². The molecule has 110 valence electrons. The second kappa shape index (κ2) is 6.10. The Hall–Kier alpha value is -0.140. The Balaban J connectivity index is 0.00000180. The van der Waals surface area contributed by atoms with Gasteiger partial charge >= 0.3 is 0 Å². The quantitative estimate of drug-likeness (QED) is 0.926. The summed E-state index contributed by atoms with van der Waals surface area (Å²) >= 11 is 1.36. The molecule has 0 aliphatic carbocycles. The summed E-state index contributed by atoms with van der Waals surface area (Å²) in [4.78, 5) is 1.04. The summed E-state index contributed by atoms with van der Waals surface area (Å²) in [6, 6.07) is 1.98. The number of sulfonamides is 1. The monoisotopic (exact) mass is 324 g/mol. The Kier molecular flexibility index (Phi) is 5.43. The maximum Gasteiger partial charge on any atom is 0.253 e. The summed E-state index contributed by atoms with van der Waals surface area (Å²) in [5.74, 6) is 0.288. The highest BCUT2D eigenvalue weighted by atomic mass is 35.5. The molecular formula is C12H21ClN2O2S2. The molecule has 0 spiro atoms. The molecule has 2 unspecified atom stereocenters. The lowest BCUT2D eigenvalue weighted by molar-refractivity contribution is 0.405. The highest BCUT2D eigenvalue weighted by molar-refractivity contribution is 7.91. The number of hydrogen-bond donors (Lipinski definition) is 1. The predicted molar refractivity (Wildman–Crippen MR) is 81.6 cm³/mol. The number of aryl methyl sites for hydroxylation is 2. The van der Waals surface area contributed by atoms with Gasteiger partial charge in [0, 0.05) is 17.5 Å². The number of rotatable bonds is 3. The Labute approximate surface area is 125 Å². The van der Waals surface area contributed by atoms with E-state index in [1.165, 1.54) is 11.3 Å². The SMILES string of the molecule is Cc1cc(C)c(S(=O)(=O)N2CC(CN)CC2C)s1.Cl. The van der Waals surface area contributed by atoms with Gasteiger partial charge in [-0.2, -0.15) is 4.31 Å². The third-order valence-corrected chi connectivity index (χ3v) is 7.22. The fraction of sp³-hybridized carbons (Fsp3) is 0.667. The van der Waals surface area contributed by atoms with E-state index in [9.17, 15) is 8.42 Å². The van der Waals surface area contributed by atoms with Crippen LogP contribution >= 0.6 is 23.7 Å². The van der Waals surface area contributed by atoms with Gasteiger partial charge in [0.05, 0.1) is 0 Å². The molecule has 1 aliphatic heterocycles. The Morgan fingerprint density at radius 2 is 2.11 bits per heavy atom. The Morgan fingerprint density at radius 1 is 1.47 bits per heavy atom. The first-order valence-corrected chi connectivity index (χ1v) is 8.41. The van der Waals surface area contributed by atoms with Gasteiger partial charge in [-0.3, -0.25) is 0 Å². The van der Waals surface area contributed by atoms with Crippen LogP contribution in [0.4, 0.5) is 0 Å². The minimum atomic E-state index is -3.34. The molecule has 0 bridgehead atoms. The summed E-state index contributed by atoms with van der Waals surface area (Å²) in [5, 5.41) is 0. The Bertz CT molecular complexity index is 542. The van der Waals surface area contributed by atoms with Gasteiger partial charge in [-0.05, 0) is 51.3 Å². The number of nitrogens with two attached hydrogens (primary N) is 1. The third kappa shape index (κ3) is 3.13. The molecule has 2 heterocycles. The minimum Gasteiger partial charge on any atom is -0.330 e. The third-order valence-electron chi connectivity index (χ3n) is 3.48. The van der Waals surface area contributed by atoms with Crippen molar-refractivity contribution in [3.8, 4) is 0 Å². The van der Waals surface area contributed by atoms with Crippen LogP contribution < -0.4 is 5.73 Å². The summed E-state index contributed by atoms with van der Waals surface area (Å²) in [7, 11) is -3.34. The zero-order valence-electron chi connectivity index (χ0n) is 11.4. The van der Waals surface area contributed by atoms with Gasteiger partial charge in [0.2, 0.25) is 0 Å². The molecule has 7 heteroatoms. The van der Waals surface area contributed by atoms with E-state index in [1.807, 2.05) is 26.8 Å². The molecule has 2 rings (SSSR count). The lowest BCUT2D eigenvalue weighted by atomic mass is 10.1. The van der Waals surface area contributed by atoms with Crippen LogP contribution in [0.2, 0.25) is 0 Å². The first-order valence-electron chi connectivity index (χ1n) is 6.15. The van der Waals surface area contributed by atoms with E-state index in [0.717, 1.165) is 16.9 Å². The normalized spacial score (nSPS) is 24.4. The second-order valence-corrected chi connectivity index (χ2v) is 8.43. The van der Waals surface area contributed by atoms with Gasteiger partial charge < -0.3 is 5.73 Å². The molecule has 4 nitrogen and oxygen atoms in total. The highest BCUT2D eigenvalue weighted by Crippen LogP contribution is 2.34. The first-order chi connectivity index (χ1) is 8.36. The van der Waals surface area contributed by atoms with Gasteiger partial charge in [-0.15, -0.1) is 23.7 Å². The summed E-state index contributed by atoms with van der Waals surface area (Å²) in [6.07, 6.45) is 0.860. The van der Waals surface area contributed by atoms with Crippen LogP contribution in [0, 0.1) is 19.8 Å². The number of halogens is 1. The average Bonchev–Trinajstić information content (AvgIpc) is 2.82. The molecule has 1 aromatic rings. The van der Waals surface area contributed by atoms with E-state index >= 15 is 0 Å². The standard InChI is InChI=1S/C12H20N2O2S2.ClH/c1-8-4-10(3)17-12(8)18(15,16)14-7-11(6-13)5-9(14)2;/h4,9,11H,5-7,13H2,1-3H3;1H. The molecule has 0 aromatic carbocycles. The summed E-state index contributed by atoms with van der Waals surface area (Å²) < 4.78 is 27.4. The largest absolute Gasteiger partial charge is 0.330 e. The lowest BCUT2D eigenvalue weighted by Crippen LogP contribution is -2.34. The lowest BCUT2D eigenvalue weighted by Gasteiger charge is -2.20. The van der Waals surface area contributed by atoms with Gasteiger partial charge in [0.25, 0.3) is 10.0 Å². The van der Waals surface area contributed by atoms with E-state index < -0.39 is 10.0 Å². The average molecular weight is 325 g/mol. The maximum absolute atomic E-state index is 12.6. The topological polar surface area (TPSA) is 63.4 Å². The molecular weight excluding hydrogens is 304 g/mol. The minimum absolute atomic E-state index is 0. The molecule has 19 heavy (non-hydrogen) atoms. The van der Waals surface area contributed by atoms with E-state index in [2.05, 4.69) is 0 Å². The smallest absolute Gasteiger partial charge is 0.253 e. The zero-order chi connectivity index (χ0) is 13.5. The van der Waals surface area contributed by atoms with Crippen molar-refractivity contribution in [3.63, 3.8) is 0 Å². The number of thiophene rings is 1. The number of hydrogen-bond acceptors (Lipinski definition) is 4. The molecule has 0 radical (unpaired) electrons. The van der Waals surface area contributed by atoms with Crippen LogP contribution in [0.15, 0.2) is 10.3 Å². The highest BCUT2D eigenvalue weighted by Gasteiger charge is 2.38. The predicted octanol–water partition coefficient (Wildman–Crippen LogP) is 2.14. The van der Waals surface area contributed by atoms with Crippen LogP contribution in [-0.2, 0) is 10.0 Å². The van der Waals surface area contributed by atoms with Gasteiger partial charge in [-0.1, -0.05) is 0 Å². The fourth-order valence-electron chi connectivity index (χ4n) is 2.60. The van der Waals surface area contributed by atoms with Crippen molar-refractivity contribution in [2.45, 2.75) is 37.4 Å². The number of nitrogens with zero attached hydrogens (tertiary/aromatic N) is 1. The molecule has 2 N–H and O–H groups in total. The zero-order valence-corrected chi connectivity index (χ0v) is 13.9. The van der Waals surface area contributed by atoms with E-state index in [1.54, 1.807) is 4.31 Å². The fourth-order valence-corrected chi connectivity index (χ4v) is 6.09. The molecule has 0 amide bonds. The maximum atomic E-state index is 12.6. The van der Waals surface area contributed by atoms with Crippen molar-refractivity contribution in [1.29, 1.82) is 0 Å². The van der Waals surface area contributed by atoms with Gasteiger partial charge in [0.1, 0.15) is 4.21 Å². The van der Waals surface area contributed by atoms with Crippen molar-refractivity contribution in [3.05, 3.63) is 16.5 Å². The van der Waals surface area contributed by atoms with E-state index in [4.69, 9.17) is 5.73 Å². The van der Waals surface area contributed by atoms with Gasteiger partial charge in [-0.25, -0.2) is 8.42 Å². The molecule has 1 aliphatic rings. The molecule has 2 atom stereocenters. The molecule has 0 saturated carbocycles. The molecule has 1 saturated heterocycles. The van der Waals surface area contributed by atoms with E-state index in [-0.39, 0.29) is 24.4 Å². The summed E-state index contributed by atoms with van der Waals surface area (Å²) in [5.41, 5.74) is 6.50. The van der Waals surface area contributed by atoms with Crippen LogP contribution in [0.25, 0.3) is 0 Å². The molecule has 1 fully saturated rings. The van der Waals surface area contributed by atoms with E-state index in [0.29, 0.717) is 17.3 Å². The van der Waals surface area contributed by atoms with Crippen molar-refractivity contribution < 1.29 is 8.42 Å². The van der Waals surface area contributed by atoms with Crippen LogP contribution in [0.5, 0.6) is 0 Å². The van der Waals surface area contributed by atoms with Crippen molar-refractivity contribution >= 4 is 33.8 Å². The first kappa shape index (κ1) is 16.9. The van der Waals surface area contributed by atoms with Gasteiger partial charge in [0.15, 0.2) is 0 Å². The Morgan fingerprint density at radius 3 is 2.53 bits per heavy atom. The van der Waals surface area contributed by atoms with Crippen molar-refractivity contribution in [1.82, 2.24) is 4.31 Å². The van der Waals surface area contributed by atoms with Crippen LogP contribution in [0.1, 0.15) is 23.8 Å². The molecule has 1 aromatic heterocycles. The second-order valence-electron chi connectivity index (χ2n) is 5.09.